The third kappa shape index (κ3) is 9.88. The van der Waals surface area contributed by atoms with Crippen molar-refractivity contribution in [2.75, 3.05) is 58.8 Å². The van der Waals surface area contributed by atoms with Gasteiger partial charge in [0.1, 0.15) is 6.04 Å². The van der Waals surface area contributed by atoms with Gasteiger partial charge in [0.25, 0.3) is 0 Å². The van der Waals surface area contributed by atoms with Crippen LogP contribution >= 0.6 is 0 Å². The number of carbonyl (C=O) groups excluding carboxylic acids is 4. The fraction of sp³-hybridized carbons (Fsp3) is 0.560. The summed E-state index contributed by atoms with van der Waals surface area (Å²) in [7, 11) is 5.55. The average Bonchev–Trinajstić information content (AvgIpc) is 3.25. The van der Waals surface area contributed by atoms with Gasteiger partial charge in [-0.1, -0.05) is 12.1 Å². The van der Waals surface area contributed by atoms with Crippen LogP contribution in [0.3, 0.4) is 0 Å². The van der Waals surface area contributed by atoms with Crippen LogP contribution in [0.25, 0.3) is 0 Å². The number of nitrogens with one attached hydrogen (secondary N) is 2. The summed E-state index contributed by atoms with van der Waals surface area (Å²) in [6.45, 7) is 4.15. The van der Waals surface area contributed by atoms with E-state index in [4.69, 9.17) is 15.3 Å². The van der Waals surface area contributed by atoms with Gasteiger partial charge in [0.05, 0.1) is 13.0 Å². The molecule has 4 amide bonds. The lowest BCUT2D eigenvalue weighted by molar-refractivity contribution is -0.143. The Kier molecular flexibility index (Phi) is 12.3. The van der Waals surface area contributed by atoms with Gasteiger partial charge in [0.15, 0.2) is 5.84 Å². The number of nitrogens with zero attached hydrogens (tertiary/aromatic N) is 4. The van der Waals surface area contributed by atoms with Gasteiger partial charge < -0.3 is 35.8 Å². The number of carbonyl (C=O) groups is 4. The van der Waals surface area contributed by atoms with E-state index < -0.39 is 18.2 Å². The van der Waals surface area contributed by atoms with Gasteiger partial charge in [0, 0.05) is 37.9 Å². The van der Waals surface area contributed by atoms with Crippen LogP contribution in [0.15, 0.2) is 29.4 Å². The Balaban J connectivity index is 1.82. The first-order valence-corrected chi connectivity index (χ1v) is 12.6. The van der Waals surface area contributed by atoms with Crippen molar-refractivity contribution in [1.29, 1.82) is 0 Å². The molecule has 1 heterocycles. The van der Waals surface area contributed by atoms with E-state index in [0.717, 1.165) is 19.4 Å². The number of benzene rings is 1. The topological polar surface area (TPSA) is 159 Å². The summed E-state index contributed by atoms with van der Waals surface area (Å²) >= 11 is 0. The van der Waals surface area contributed by atoms with Crippen molar-refractivity contribution in [2.45, 2.75) is 38.6 Å². The van der Waals surface area contributed by atoms with Gasteiger partial charge in [-0.3, -0.25) is 14.4 Å². The molecule has 210 valence electrons. The van der Waals surface area contributed by atoms with E-state index in [1.165, 1.54) is 4.90 Å². The molecule has 1 aromatic rings. The van der Waals surface area contributed by atoms with Gasteiger partial charge in [-0.2, -0.15) is 0 Å². The van der Waals surface area contributed by atoms with Crippen LogP contribution in [0.5, 0.6) is 0 Å². The largest absolute Gasteiger partial charge is 0.466 e. The zero-order valence-electron chi connectivity index (χ0n) is 22.6. The third-order valence-corrected chi connectivity index (χ3v) is 5.70. The highest BCUT2D eigenvalue weighted by Crippen LogP contribution is 2.22. The van der Waals surface area contributed by atoms with Crippen molar-refractivity contribution in [3.8, 4) is 0 Å². The molecule has 38 heavy (non-hydrogen) atoms. The Morgan fingerprint density at radius 2 is 1.87 bits per heavy atom. The lowest BCUT2D eigenvalue weighted by Crippen LogP contribution is -2.46. The number of ether oxygens (including phenoxy) is 1. The number of hydrogen-bond acceptors (Lipinski definition) is 8. The number of esters is 1. The number of hydrogen-bond donors (Lipinski definition) is 3. The van der Waals surface area contributed by atoms with Gasteiger partial charge in [0.2, 0.25) is 5.91 Å². The maximum Gasteiger partial charge on any atom is 0.435 e. The number of amidine groups is 1. The standard InChI is InChI=1S/C25H39N7O6/c1-5-17-37-21(33)11-13-27-24(35)28-20-12-16-32(23(20)34)19-9-7-18(8-10-19)22(26)29-38-25(36)31(4)15-6-14-30(2)3/h7-10,20H,5-6,11-17H2,1-4H3,(H2,26,29)(H2,27,28,35). The molecule has 0 radical (unpaired) electrons. The molecule has 0 aliphatic carbocycles. The van der Waals surface area contributed by atoms with Crippen molar-refractivity contribution >= 4 is 35.5 Å². The highest BCUT2D eigenvalue weighted by molar-refractivity contribution is 6.02. The zero-order valence-corrected chi connectivity index (χ0v) is 22.6. The van der Waals surface area contributed by atoms with Crippen LogP contribution in [-0.2, 0) is 19.2 Å². The van der Waals surface area contributed by atoms with Gasteiger partial charge in [-0.05, 0) is 64.2 Å². The molecule has 1 unspecified atom stereocenters. The fourth-order valence-corrected chi connectivity index (χ4v) is 3.58. The van der Waals surface area contributed by atoms with Crippen molar-refractivity contribution in [3.05, 3.63) is 29.8 Å². The number of urea groups is 1. The van der Waals surface area contributed by atoms with Crippen molar-refractivity contribution in [1.82, 2.24) is 20.4 Å². The predicted octanol–water partition coefficient (Wildman–Crippen LogP) is 1.07. The second-order valence-electron chi connectivity index (χ2n) is 9.16. The second kappa shape index (κ2) is 15.4. The van der Waals surface area contributed by atoms with Crippen LogP contribution in [0.1, 0.15) is 38.2 Å². The summed E-state index contributed by atoms with van der Waals surface area (Å²) < 4.78 is 4.95. The van der Waals surface area contributed by atoms with Crippen molar-refractivity contribution in [3.63, 3.8) is 0 Å². The lowest BCUT2D eigenvalue weighted by atomic mass is 10.2. The minimum Gasteiger partial charge on any atom is -0.466 e. The summed E-state index contributed by atoms with van der Waals surface area (Å²) in [4.78, 5) is 58.5. The first kappa shape index (κ1) is 30.4. The van der Waals surface area contributed by atoms with Crippen LogP contribution in [0.2, 0.25) is 0 Å². The SMILES string of the molecule is CCCOC(=O)CCNC(=O)NC1CCN(c2ccc(C(N)=NOC(=O)N(C)CCCN(C)C)cc2)C1=O. The van der Waals surface area contributed by atoms with Gasteiger partial charge in [-0.25, -0.2) is 9.59 Å². The van der Waals surface area contributed by atoms with E-state index in [2.05, 4.69) is 15.8 Å². The molecule has 0 aromatic heterocycles. The zero-order chi connectivity index (χ0) is 28.1. The van der Waals surface area contributed by atoms with Crippen molar-refractivity contribution in [2.24, 2.45) is 10.9 Å². The molecule has 1 fully saturated rings. The van der Waals surface area contributed by atoms with E-state index in [9.17, 15) is 19.2 Å². The Bertz CT molecular complexity index is 983. The van der Waals surface area contributed by atoms with E-state index in [0.29, 0.717) is 37.4 Å². The molecule has 1 aliphatic rings. The maximum absolute atomic E-state index is 12.8. The predicted molar refractivity (Wildman–Crippen MR) is 143 cm³/mol. The van der Waals surface area contributed by atoms with E-state index in [-0.39, 0.29) is 30.7 Å². The monoisotopic (exact) mass is 533 g/mol. The number of rotatable bonds is 13. The van der Waals surface area contributed by atoms with E-state index in [1.807, 2.05) is 25.9 Å². The molecule has 1 saturated heterocycles. The quantitative estimate of drug-likeness (QED) is 0.112. The highest BCUT2D eigenvalue weighted by Gasteiger charge is 2.33. The number of nitrogens with two attached hydrogens (primary N) is 1. The Morgan fingerprint density at radius 1 is 1.16 bits per heavy atom. The molecule has 0 bridgehead atoms. The Morgan fingerprint density at radius 3 is 2.53 bits per heavy atom. The molecule has 1 aliphatic heterocycles. The van der Waals surface area contributed by atoms with Crippen LogP contribution in [0.4, 0.5) is 15.3 Å². The second-order valence-corrected chi connectivity index (χ2v) is 9.16. The maximum atomic E-state index is 12.8. The van der Waals surface area contributed by atoms with E-state index >= 15 is 0 Å². The summed E-state index contributed by atoms with van der Waals surface area (Å²) in [5.74, 6) is -0.609. The summed E-state index contributed by atoms with van der Waals surface area (Å²) in [5.41, 5.74) is 7.11. The molecule has 2 rings (SSSR count). The molecule has 13 heteroatoms. The summed E-state index contributed by atoms with van der Waals surface area (Å²) in [6.07, 6.45) is 1.42. The molecule has 0 saturated carbocycles. The smallest absolute Gasteiger partial charge is 0.435 e. The Hall–Kier alpha value is -3.87. The summed E-state index contributed by atoms with van der Waals surface area (Å²) in [6, 6.07) is 5.54. The van der Waals surface area contributed by atoms with E-state index in [1.54, 1.807) is 36.2 Å². The molecular weight excluding hydrogens is 494 g/mol. The van der Waals surface area contributed by atoms with Crippen LogP contribution in [-0.4, -0.2) is 99.6 Å². The average molecular weight is 534 g/mol. The third-order valence-electron chi connectivity index (χ3n) is 5.70. The van der Waals surface area contributed by atoms with Crippen LogP contribution < -0.4 is 21.3 Å². The minimum absolute atomic E-state index is 0.0223. The molecule has 0 spiro atoms. The first-order valence-electron chi connectivity index (χ1n) is 12.6. The molecule has 1 aromatic carbocycles. The van der Waals surface area contributed by atoms with Crippen molar-refractivity contribution < 1.29 is 28.8 Å². The summed E-state index contributed by atoms with van der Waals surface area (Å²) in [5, 5.41) is 8.93. The molecule has 1 atom stereocenters. The first-order chi connectivity index (χ1) is 18.1. The molecule has 13 nitrogen and oxygen atoms in total. The lowest BCUT2D eigenvalue weighted by Gasteiger charge is -2.18. The number of amides is 4. The van der Waals surface area contributed by atoms with Gasteiger partial charge in [-0.15, -0.1) is 0 Å². The fourth-order valence-electron chi connectivity index (χ4n) is 3.58. The minimum atomic E-state index is -0.678. The van der Waals surface area contributed by atoms with Gasteiger partial charge >= 0.3 is 18.1 Å². The normalized spacial score (nSPS) is 15.4. The molecular formula is C25H39N7O6. The highest BCUT2D eigenvalue weighted by atomic mass is 16.7. The number of anilines is 1. The number of oxime groups is 1. The van der Waals surface area contributed by atoms with Crippen LogP contribution in [0, 0.1) is 0 Å². The molecule has 4 N–H and O–H groups in total. The Labute approximate surface area is 223 Å².